The summed E-state index contributed by atoms with van der Waals surface area (Å²) in [6.45, 7) is 8.99. The largest absolute Gasteiger partial charge is 0.497 e. The van der Waals surface area contributed by atoms with Crippen LogP contribution in [0.2, 0.25) is 0 Å². The highest BCUT2D eigenvalue weighted by atomic mass is 16.5. The summed E-state index contributed by atoms with van der Waals surface area (Å²) in [7, 11) is 1.70. The zero-order chi connectivity index (χ0) is 23.0. The van der Waals surface area contributed by atoms with Crippen LogP contribution in [-0.4, -0.2) is 79.6 Å². The maximum Gasteiger partial charge on any atom is 0.239 e. The van der Waals surface area contributed by atoms with Gasteiger partial charge in [0.2, 0.25) is 5.91 Å². The van der Waals surface area contributed by atoms with Gasteiger partial charge in [0.1, 0.15) is 5.75 Å². The average Bonchev–Trinajstić information content (AvgIpc) is 2.88. The Balaban J connectivity index is 1.17. The molecule has 0 aromatic heterocycles. The first-order valence-corrected chi connectivity index (χ1v) is 12.5. The summed E-state index contributed by atoms with van der Waals surface area (Å²) in [5.74, 6) is 1.92. The summed E-state index contributed by atoms with van der Waals surface area (Å²) in [6, 6.07) is 19.1. The molecule has 5 nitrogen and oxygen atoms in total. The lowest BCUT2D eigenvalue weighted by Crippen LogP contribution is -2.55. The Hall–Kier alpha value is -2.37. The second-order valence-corrected chi connectivity index (χ2v) is 9.61. The van der Waals surface area contributed by atoms with Crippen LogP contribution < -0.4 is 4.74 Å². The number of piperazine rings is 1. The van der Waals surface area contributed by atoms with Crippen LogP contribution in [0.5, 0.6) is 5.75 Å². The Kier molecular flexibility index (Phi) is 8.40. The monoisotopic (exact) mass is 449 g/mol. The lowest BCUT2D eigenvalue weighted by molar-refractivity contribution is -0.138. The Labute approximate surface area is 199 Å². The minimum absolute atomic E-state index is 0.0144. The van der Waals surface area contributed by atoms with Gasteiger partial charge in [0.05, 0.1) is 13.2 Å². The van der Waals surface area contributed by atoms with E-state index in [1.165, 1.54) is 11.1 Å². The zero-order valence-corrected chi connectivity index (χ0v) is 20.3. The first-order valence-electron chi connectivity index (χ1n) is 12.5. The molecule has 0 aliphatic carbocycles. The number of carbonyl (C=O) groups is 1. The van der Waals surface area contributed by atoms with Crippen molar-refractivity contribution in [3.05, 3.63) is 65.7 Å². The highest BCUT2D eigenvalue weighted by Crippen LogP contribution is 2.23. The van der Waals surface area contributed by atoms with Gasteiger partial charge in [0.25, 0.3) is 0 Å². The molecule has 2 aliphatic rings. The van der Waals surface area contributed by atoms with E-state index in [-0.39, 0.29) is 6.04 Å². The fourth-order valence-electron chi connectivity index (χ4n) is 5.18. The number of carbonyl (C=O) groups excluding carboxylic acids is 1. The summed E-state index contributed by atoms with van der Waals surface area (Å²) in [4.78, 5) is 20.2. The molecule has 0 N–H and O–H groups in total. The van der Waals surface area contributed by atoms with Gasteiger partial charge in [-0.15, -0.1) is 0 Å². The zero-order valence-electron chi connectivity index (χ0n) is 20.3. The molecule has 5 heteroatoms. The molecule has 1 atom stereocenters. The quantitative estimate of drug-likeness (QED) is 0.615. The summed E-state index contributed by atoms with van der Waals surface area (Å²) < 4.78 is 5.24. The number of likely N-dealkylation sites (tertiary alicyclic amines) is 1. The number of hydrogen-bond acceptors (Lipinski definition) is 4. The molecule has 0 radical (unpaired) electrons. The molecule has 2 fully saturated rings. The SMILES string of the molecule is COc1ccc(CCN2CCN(C(C)C(=O)N3CCC(Cc4ccccc4)CC3)CC2)cc1. The van der Waals surface area contributed by atoms with E-state index in [9.17, 15) is 4.79 Å². The summed E-state index contributed by atoms with van der Waals surface area (Å²) >= 11 is 0. The maximum absolute atomic E-state index is 13.2. The van der Waals surface area contributed by atoms with Crippen LogP contribution in [0.15, 0.2) is 54.6 Å². The molecule has 1 unspecified atom stereocenters. The van der Waals surface area contributed by atoms with Crippen molar-refractivity contribution in [2.24, 2.45) is 5.92 Å². The van der Waals surface area contributed by atoms with Crippen molar-refractivity contribution in [2.45, 2.75) is 38.6 Å². The number of nitrogens with zero attached hydrogens (tertiary/aromatic N) is 3. The molecule has 33 heavy (non-hydrogen) atoms. The molecule has 2 saturated heterocycles. The fourth-order valence-corrected chi connectivity index (χ4v) is 5.18. The molecule has 1 amide bonds. The van der Waals surface area contributed by atoms with Gasteiger partial charge in [-0.2, -0.15) is 0 Å². The van der Waals surface area contributed by atoms with E-state index in [1.54, 1.807) is 7.11 Å². The summed E-state index contributed by atoms with van der Waals surface area (Å²) in [5.41, 5.74) is 2.76. The van der Waals surface area contributed by atoms with Crippen LogP contribution in [0.4, 0.5) is 0 Å². The van der Waals surface area contributed by atoms with E-state index in [4.69, 9.17) is 4.74 Å². The lowest BCUT2D eigenvalue weighted by atomic mass is 9.90. The second-order valence-electron chi connectivity index (χ2n) is 9.61. The predicted octanol–water partition coefficient (Wildman–Crippen LogP) is 3.73. The second kappa shape index (κ2) is 11.7. The normalized spacial score (nSPS) is 19.4. The van der Waals surface area contributed by atoms with Crippen molar-refractivity contribution >= 4 is 5.91 Å². The molecule has 2 heterocycles. The van der Waals surface area contributed by atoms with Crippen LogP contribution in [0.25, 0.3) is 0 Å². The van der Waals surface area contributed by atoms with Gasteiger partial charge in [-0.05, 0) is 61.8 Å². The number of methoxy groups -OCH3 is 1. The van der Waals surface area contributed by atoms with E-state index in [0.717, 1.165) is 77.2 Å². The van der Waals surface area contributed by atoms with Crippen LogP contribution in [0.1, 0.15) is 30.9 Å². The number of piperidine rings is 1. The van der Waals surface area contributed by atoms with E-state index in [2.05, 4.69) is 64.1 Å². The molecular weight excluding hydrogens is 410 g/mol. The third-order valence-electron chi connectivity index (χ3n) is 7.48. The van der Waals surface area contributed by atoms with Crippen molar-refractivity contribution < 1.29 is 9.53 Å². The Morgan fingerprint density at radius 1 is 0.909 bits per heavy atom. The molecule has 178 valence electrons. The number of rotatable bonds is 8. The highest BCUT2D eigenvalue weighted by molar-refractivity contribution is 5.81. The van der Waals surface area contributed by atoms with E-state index in [0.29, 0.717) is 11.8 Å². The number of hydrogen-bond donors (Lipinski definition) is 0. The molecule has 0 bridgehead atoms. The lowest BCUT2D eigenvalue weighted by Gasteiger charge is -2.40. The van der Waals surface area contributed by atoms with E-state index >= 15 is 0 Å². The number of benzene rings is 2. The van der Waals surface area contributed by atoms with E-state index < -0.39 is 0 Å². The molecule has 0 saturated carbocycles. The van der Waals surface area contributed by atoms with Gasteiger partial charge in [0, 0.05) is 45.8 Å². The van der Waals surface area contributed by atoms with Crippen molar-refractivity contribution in [3.8, 4) is 5.75 Å². The van der Waals surface area contributed by atoms with Gasteiger partial charge in [0.15, 0.2) is 0 Å². The fraction of sp³-hybridized carbons (Fsp3) is 0.536. The number of ether oxygens (including phenoxy) is 1. The topological polar surface area (TPSA) is 36.0 Å². The first kappa shape index (κ1) is 23.8. The van der Waals surface area contributed by atoms with Crippen molar-refractivity contribution in [3.63, 3.8) is 0 Å². The predicted molar refractivity (Wildman–Crippen MR) is 134 cm³/mol. The standard InChI is InChI=1S/C28H39N3O2/c1-23(28(32)31-16-13-26(14-17-31)22-25-6-4-3-5-7-25)30-20-18-29(19-21-30)15-12-24-8-10-27(33-2)11-9-24/h3-11,23,26H,12-22H2,1-2H3. The highest BCUT2D eigenvalue weighted by Gasteiger charge is 2.30. The van der Waals surface area contributed by atoms with E-state index in [1.807, 2.05) is 12.1 Å². The third kappa shape index (κ3) is 6.58. The number of amides is 1. The molecular formula is C28H39N3O2. The Bertz CT molecular complexity index is 854. The van der Waals surface area contributed by atoms with Crippen LogP contribution >= 0.6 is 0 Å². The summed E-state index contributed by atoms with van der Waals surface area (Å²) in [5, 5.41) is 0. The van der Waals surface area contributed by atoms with Gasteiger partial charge in [-0.1, -0.05) is 42.5 Å². The molecule has 2 aromatic rings. The first-order chi connectivity index (χ1) is 16.1. The molecule has 2 aromatic carbocycles. The Morgan fingerprint density at radius 2 is 1.58 bits per heavy atom. The Morgan fingerprint density at radius 3 is 2.21 bits per heavy atom. The van der Waals surface area contributed by atoms with Gasteiger partial charge in [-0.3, -0.25) is 9.69 Å². The van der Waals surface area contributed by atoms with Gasteiger partial charge >= 0.3 is 0 Å². The molecule has 2 aliphatic heterocycles. The van der Waals surface area contributed by atoms with Crippen molar-refractivity contribution in [2.75, 3.05) is 52.9 Å². The van der Waals surface area contributed by atoms with Crippen LogP contribution in [-0.2, 0) is 17.6 Å². The molecule has 0 spiro atoms. The smallest absolute Gasteiger partial charge is 0.239 e. The minimum Gasteiger partial charge on any atom is -0.497 e. The molecule has 4 rings (SSSR count). The maximum atomic E-state index is 13.2. The van der Waals surface area contributed by atoms with Crippen LogP contribution in [0.3, 0.4) is 0 Å². The van der Waals surface area contributed by atoms with Crippen molar-refractivity contribution in [1.29, 1.82) is 0 Å². The minimum atomic E-state index is -0.0144. The van der Waals surface area contributed by atoms with Crippen molar-refractivity contribution in [1.82, 2.24) is 14.7 Å². The van der Waals surface area contributed by atoms with Gasteiger partial charge in [-0.25, -0.2) is 0 Å². The average molecular weight is 450 g/mol. The van der Waals surface area contributed by atoms with Gasteiger partial charge < -0.3 is 14.5 Å². The third-order valence-corrected chi connectivity index (χ3v) is 7.48. The van der Waals surface area contributed by atoms with Crippen LogP contribution in [0, 0.1) is 5.92 Å². The summed E-state index contributed by atoms with van der Waals surface area (Å²) in [6.07, 6.45) is 4.42.